The lowest BCUT2D eigenvalue weighted by Gasteiger charge is -2.01. The Hall–Kier alpha value is -1.55. The molecular formula is C8H11N3O. The smallest absolute Gasteiger partial charge is 0.256 e. The van der Waals surface area contributed by atoms with Crippen LogP contribution in [0.3, 0.4) is 0 Å². The molecule has 0 aromatic carbocycles. The first-order chi connectivity index (χ1) is 5.70. The second-order valence-corrected chi connectivity index (χ2v) is 2.68. The van der Waals surface area contributed by atoms with E-state index in [1.54, 1.807) is 12.1 Å². The molecule has 0 heterocycles. The standard InChI is InChI=1S/C8H11N3O/c1-7(2)3-4-12-11-8(5-9)6-10/h7H,3-4H2,1-2H3. The molecule has 0 atom stereocenters. The first kappa shape index (κ1) is 10.4. The highest BCUT2D eigenvalue weighted by atomic mass is 16.6. The summed E-state index contributed by atoms with van der Waals surface area (Å²) in [4.78, 5) is 4.73. The lowest BCUT2D eigenvalue weighted by molar-refractivity contribution is 0.133. The number of rotatable bonds is 4. The molecule has 0 aliphatic rings. The maximum atomic E-state index is 8.25. The number of nitrogens with zero attached hydrogens (tertiary/aromatic N) is 3. The van der Waals surface area contributed by atoms with Crippen LogP contribution in [0.25, 0.3) is 0 Å². The molecule has 4 nitrogen and oxygen atoms in total. The maximum Gasteiger partial charge on any atom is 0.256 e. The van der Waals surface area contributed by atoms with E-state index in [2.05, 4.69) is 19.0 Å². The monoisotopic (exact) mass is 165 g/mol. The zero-order valence-electron chi connectivity index (χ0n) is 7.24. The van der Waals surface area contributed by atoms with Gasteiger partial charge in [-0.1, -0.05) is 19.0 Å². The molecule has 0 aromatic heterocycles. The Morgan fingerprint density at radius 1 is 1.42 bits per heavy atom. The van der Waals surface area contributed by atoms with Gasteiger partial charge in [0.25, 0.3) is 5.71 Å². The minimum atomic E-state index is -0.237. The van der Waals surface area contributed by atoms with Crippen molar-refractivity contribution in [2.75, 3.05) is 6.61 Å². The van der Waals surface area contributed by atoms with Crippen molar-refractivity contribution >= 4 is 5.71 Å². The second-order valence-electron chi connectivity index (χ2n) is 2.68. The van der Waals surface area contributed by atoms with E-state index in [1.807, 2.05) is 0 Å². The van der Waals surface area contributed by atoms with Crippen molar-refractivity contribution < 1.29 is 4.84 Å². The summed E-state index contributed by atoms with van der Waals surface area (Å²) in [5.74, 6) is 0.535. The van der Waals surface area contributed by atoms with Crippen molar-refractivity contribution in [2.24, 2.45) is 11.1 Å². The molecule has 0 aliphatic carbocycles. The van der Waals surface area contributed by atoms with Gasteiger partial charge in [-0.2, -0.15) is 10.5 Å². The Balaban J connectivity index is 3.62. The quantitative estimate of drug-likeness (QED) is 0.359. The summed E-state index contributed by atoms with van der Waals surface area (Å²) in [7, 11) is 0. The summed E-state index contributed by atoms with van der Waals surface area (Å²) >= 11 is 0. The summed E-state index contributed by atoms with van der Waals surface area (Å²) in [6, 6.07) is 3.21. The highest BCUT2D eigenvalue weighted by Gasteiger charge is 1.95. The van der Waals surface area contributed by atoms with Crippen LogP contribution in [-0.2, 0) is 4.84 Å². The van der Waals surface area contributed by atoms with Crippen LogP contribution in [0.15, 0.2) is 5.16 Å². The molecule has 0 unspecified atom stereocenters. The zero-order valence-corrected chi connectivity index (χ0v) is 7.24. The van der Waals surface area contributed by atoms with Gasteiger partial charge in [0.1, 0.15) is 18.7 Å². The van der Waals surface area contributed by atoms with Crippen molar-refractivity contribution in [1.29, 1.82) is 10.5 Å². The van der Waals surface area contributed by atoms with Crippen LogP contribution in [0.4, 0.5) is 0 Å². The Morgan fingerprint density at radius 2 is 2.00 bits per heavy atom. The molecule has 0 amide bonds. The summed E-state index contributed by atoms with van der Waals surface area (Å²) in [6.07, 6.45) is 0.869. The molecule has 0 fully saturated rings. The molecule has 0 bridgehead atoms. The van der Waals surface area contributed by atoms with E-state index in [9.17, 15) is 0 Å². The van der Waals surface area contributed by atoms with Crippen LogP contribution in [-0.4, -0.2) is 12.3 Å². The zero-order chi connectivity index (χ0) is 9.40. The van der Waals surface area contributed by atoms with Gasteiger partial charge in [-0.15, -0.1) is 0 Å². The predicted molar refractivity (Wildman–Crippen MR) is 44.1 cm³/mol. The van der Waals surface area contributed by atoms with E-state index >= 15 is 0 Å². The average Bonchev–Trinajstić information content (AvgIpc) is 2.04. The van der Waals surface area contributed by atoms with Crippen LogP contribution in [0.5, 0.6) is 0 Å². The Morgan fingerprint density at radius 3 is 2.42 bits per heavy atom. The fourth-order valence-electron chi connectivity index (χ4n) is 0.464. The second kappa shape index (κ2) is 6.18. The molecule has 0 aromatic rings. The van der Waals surface area contributed by atoms with E-state index < -0.39 is 0 Å². The van der Waals surface area contributed by atoms with Gasteiger partial charge in [-0.3, -0.25) is 0 Å². The first-order valence-electron chi connectivity index (χ1n) is 3.71. The highest BCUT2D eigenvalue weighted by Crippen LogP contribution is 1.98. The van der Waals surface area contributed by atoms with Gasteiger partial charge in [0.2, 0.25) is 0 Å². The van der Waals surface area contributed by atoms with Gasteiger partial charge in [0.15, 0.2) is 0 Å². The van der Waals surface area contributed by atoms with Crippen LogP contribution >= 0.6 is 0 Å². The van der Waals surface area contributed by atoms with E-state index in [1.165, 1.54) is 0 Å². The fourth-order valence-corrected chi connectivity index (χ4v) is 0.464. The number of nitriles is 2. The van der Waals surface area contributed by atoms with E-state index in [4.69, 9.17) is 15.4 Å². The Bertz CT molecular complexity index is 216. The molecular weight excluding hydrogens is 154 g/mol. The Kier molecular flexibility index (Phi) is 5.38. The number of hydrogen-bond acceptors (Lipinski definition) is 4. The van der Waals surface area contributed by atoms with Gasteiger partial charge in [0, 0.05) is 0 Å². The van der Waals surface area contributed by atoms with Gasteiger partial charge >= 0.3 is 0 Å². The third kappa shape index (κ3) is 5.25. The Labute approximate surface area is 72.0 Å². The van der Waals surface area contributed by atoms with Crippen molar-refractivity contribution in [3.63, 3.8) is 0 Å². The minimum Gasteiger partial charge on any atom is -0.394 e. The van der Waals surface area contributed by atoms with Crippen LogP contribution in [0, 0.1) is 28.6 Å². The van der Waals surface area contributed by atoms with E-state index in [-0.39, 0.29) is 5.71 Å². The number of oxime groups is 1. The maximum absolute atomic E-state index is 8.25. The molecule has 64 valence electrons. The lowest BCUT2D eigenvalue weighted by Crippen LogP contribution is -1.97. The third-order valence-electron chi connectivity index (χ3n) is 1.15. The molecule has 0 saturated heterocycles. The molecule has 12 heavy (non-hydrogen) atoms. The lowest BCUT2D eigenvalue weighted by atomic mass is 10.1. The predicted octanol–water partition coefficient (Wildman–Crippen LogP) is 1.45. The largest absolute Gasteiger partial charge is 0.394 e. The van der Waals surface area contributed by atoms with Crippen molar-refractivity contribution in [1.82, 2.24) is 0 Å². The van der Waals surface area contributed by atoms with Gasteiger partial charge < -0.3 is 4.84 Å². The SMILES string of the molecule is CC(C)CCON=C(C#N)C#N. The molecule has 4 heteroatoms. The molecule has 0 rings (SSSR count). The molecule has 0 radical (unpaired) electrons. The van der Waals surface area contributed by atoms with Crippen LogP contribution in [0.1, 0.15) is 20.3 Å². The normalized spacial score (nSPS) is 8.42. The van der Waals surface area contributed by atoms with Gasteiger partial charge in [0.05, 0.1) is 0 Å². The molecule has 0 N–H and O–H groups in total. The highest BCUT2D eigenvalue weighted by molar-refractivity contribution is 6.09. The van der Waals surface area contributed by atoms with E-state index in [0.29, 0.717) is 12.5 Å². The van der Waals surface area contributed by atoms with Crippen LogP contribution in [0.2, 0.25) is 0 Å². The van der Waals surface area contributed by atoms with Crippen molar-refractivity contribution in [3.8, 4) is 12.1 Å². The summed E-state index contributed by atoms with van der Waals surface area (Å²) in [5, 5.41) is 19.8. The average molecular weight is 165 g/mol. The van der Waals surface area contributed by atoms with Gasteiger partial charge in [-0.25, -0.2) is 0 Å². The van der Waals surface area contributed by atoms with Gasteiger partial charge in [-0.05, 0) is 12.3 Å². The summed E-state index contributed by atoms with van der Waals surface area (Å²) in [6.45, 7) is 4.57. The summed E-state index contributed by atoms with van der Waals surface area (Å²) < 4.78 is 0. The van der Waals surface area contributed by atoms with Crippen LogP contribution < -0.4 is 0 Å². The van der Waals surface area contributed by atoms with Crippen molar-refractivity contribution in [3.05, 3.63) is 0 Å². The minimum absolute atomic E-state index is 0.237. The molecule has 0 spiro atoms. The topological polar surface area (TPSA) is 69.2 Å². The molecule has 0 aliphatic heterocycles. The van der Waals surface area contributed by atoms with Crippen molar-refractivity contribution in [2.45, 2.75) is 20.3 Å². The molecule has 0 saturated carbocycles. The number of hydrogen-bond donors (Lipinski definition) is 0. The third-order valence-corrected chi connectivity index (χ3v) is 1.15. The summed E-state index contributed by atoms with van der Waals surface area (Å²) in [5.41, 5.74) is -0.237. The van der Waals surface area contributed by atoms with E-state index in [0.717, 1.165) is 6.42 Å². The first-order valence-corrected chi connectivity index (χ1v) is 3.71. The fraction of sp³-hybridized carbons (Fsp3) is 0.625.